The number of benzene rings is 2. The first-order chi connectivity index (χ1) is 11.5. The molecule has 0 fully saturated rings. The number of hydrogen-bond acceptors (Lipinski definition) is 3. The summed E-state index contributed by atoms with van der Waals surface area (Å²) < 4.78 is 5.39. The number of urea groups is 1. The van der Waals surface area contributed by atoms with Crippen LogP contribution in [-0.2, 0) is 0 Å². The van der Waals surface area contributed by atoms with Gasteiger partial charge in [0.2, 0.25) is 0 Å². The minimum Gasteiger partial charge on any atom is -0.496 e. The van der Waals surface area contributed by atoms with Gasteiger partial charge in [-0.15, -0.1) is 0 Å². The van der Waals surface area contributed by atoms with E-state index in [4.69, 9.17) is 4.74 Å². The van der Waals surface area contributed by atoms with E-state index in [0.29, 0.717) is 18.7 Å². The number of ether oxygens (including phenoxy) is 1. The van der Waals surface area contributed by atoms with Crippen LogP contribution in [0.1, 0.15) is 13.3 Å². The van der Waals surface area contributed by atoms with Crippen LogP contribution >= 0.6 is 0 Å². The van der Waals surface area contributed by atoms with Crippen molar-refractivity contribution in [3.63, 3.8) is 0 Å². The Morgan fingerprint density at radius 3 is 2.71 bits per heavy atom. The molecule has 0 heterocycles. The van der Waals surface area contributed by atoms with Crippen LogP contribution in [0.2, 0.25) is 0 Å². The summed E-state index contributed by atoms with van der Waals surface area (Å²) in [5.74, 6) is 0.787. The SMILES string of the molecule is COc1ccccc1-c1cccc(NC(=O)N(C)CC[C@@H](C)O)c1. The minimum absolute atomic E-state index is 0.201. The summed E-state index contributed by atoms with van der Waals surface area (Å²) in [4.78, 5) is 13.8. The Labute approximate surface area is 142 Å². The van der Waals surface area contributed by atoms with Gasteiger partial charge in [-0.25, -0.2) is 4.79 Å². The number of nitrogens with zero attached hydrogens (tertiary/aromatic N) is 1. The first kappa shape index (κ1) is 17.8. The molecule has 0 radical (unpaired) electrons. The van der Waals surface area contributed by atoms with Crippen LogP contribution in [0, 0.1) is 0 Å². The lowest BCUT2D eigenvalue weighted by molar-refractivity contribution is 0.167. The Morgan fingerprint density at radius 2 is 2.00 bits per heavy atom. The Bertz CT molecular complexity index is 686. The lowest BCUT2D eigenvalue weighted by Gasteiger charge is -2.19. The molecule has 128 valence electrons. The maximum Gasteiger partial charge on any atom is 0.321 e. The minimum atomic E-state index is -0.422. The van der Waals surface area contributed by atoms with Crippen molar-refractivity contribution in [2.45, 2.75) is 19.4 Å². The van der Waals surface area contributed by atoms with Crippen molar-refractivity contribution in [3.05, 3.63) is 48.5 Å². The Balaban J connectivity index is 2.12. The number of carbonyl (C=O) groups excluding carboxylic acids is 1. The number of rotatable bonds is 6. The van der Waals surface area contributed by atoms with Crippen molar-refractivity contribution in [2.75, 3.05) is 26.0 Å². The van der Waals surface area contributed by atoms with E-state index in [2.05, 4.69) is 5.32 Å². The van der Waals surface area contributed by atoms with E-state index in [1.807, 2.05) is 48.5 Å². The fourth-order valence-electron chi connectivity index (χ4n) is 2.35. The normalized spacial score (nSPS) is 11.7. The topological polar surface area (TPSA) is 61.8 Å². The summed E-state index contributed by atoms with van der Waals surface area (Å²) >= 11 is 0. The standard InChI is InChI=1S/C19H24N2O3/c1-14(22)11-12-21(2)19(23)20-16-8-6-7-15(13-16)17-9-4-5-10-18(17)24-3/h4-10,13-14,22H,11-12H2,1-3H3,(H,20,23)/t14-/m1/s1. The van der Waals surface area contributed by atoms with E-state index < -0.39 is 6.10 Å². The van der Waals surface area contributed by atoms with Crippen LogP contribution < -0.4 is 10.1 Å². The second kappa shape index (κ2) is 8.36. The summed E-state index contributed by atoms with van der Waals surface area (Å²) in [6.07, 6.45) is 0.125. The second-order valence-electron chi connectivity index (χ2n) is 5.77. The van der Waals surface area contributed by atoms with E-state index >= 15 is 0 Å². The van der Waals surface area contributed by atoms with Crippen molar-refractivity contribution >= 4 is 11.7 Å². The molecule has 0 saturated heterocycles. The smallest absolute Gasteiger partial charge is 0.321 e. The van der Waals surface area contributed by atoms with Crippen molar-refractivity contribution in [3.8, 4) is 16.9 Å². The third-order valence-electron chi connectivity index (χ3n) is 3.76. The Hall–Kier alpha value is -2.53. The van der Waals surface area contributed by atoms with Gasteiger partial charge in [-0.1, -0.05) is 30.3 Å². The molecule has 2 aromatic rings. The van der Waals surface area contributed by atoms with Gasteiger partial charge in [0.1, 0.15) is 5.75 Å². The predicted octanol–water partition coefficient (Wildman–Crippen LogP) is 3.60. The monoisotopic (exact) mass is 328 g/mol. The third kappa shape index (κ3) is 4.73. The van der Waals surface area contributed by atoms with Crippen molar-refractivity contribution < 1.29 is 14.6 Å². The molecule has 2 rings (SSSR count). The van der Waals surface area contributed by atoms with E-state index in [1.165, 1.54) is 0 Å². The average Bonchev–Trinajstić information content (AvgIpc) is 2.59. The predicted molar refractivity (Wildman–Crippen MR) is 96.4 cm³/mol. The molecular weight excluding hydrogens is 304 g/mol. The number of anilines is 1. The Morgan fingerprint density at radius 1 is 1.25 bits per heavy atom. The summed E-state index contributed by atoms with van der Waals surface area (Å²) in [7, 11) is 3.35. The highest BCUT2D eigenvalue weighted by molar-refractivity contribution is 5.90. The van der Waals surface area contributed by atoms with E-state index in [0.717, 1.165) is 16.9 Å². The first-order valence-electron chi connectivity index (χ1n) is 7.95. The van der Waals surface area contributed by atoms with E-state index in [1.54, 1.807) is 26.0 Å². The summed E-state index contributed by atoms with van der Waals surface area (Å²) in [5.41, 5.74) is 2.66. The molecule has 0 unspecified atom stereocenters. The van der Waals surface area contributed by atoms with Crippen LogP contribution in [0.25, 0.3) is 11.1 Å². The maximum absolute atomic E-state index is 12.2. The first-order valence-corrected chi connectivity index (χ1v) is 7.95. The molecule has 1 atom stereocenters. The van der Waals surface area contributed by atoms with Gasteiger partial charge in [-0.3, -0.25) is 0 Å². The highest BCUT2D eigenvalue weighted by Gasteiger charge is 2.11. The van der Waals surface area contributed by atoms with Crippen molar-refractivity contribution in [2.24, 2.45) is 0 Å². The number of nitrogens with one attached hydrogen (secondary N) is 1. The lowest BCUT2D eigenvalue weighted by atomic mass is 10.0. The van der Waals surface area contributed by atoms with Gasteiger partial charge < -0.3 is 20.1 Å². The number of carbonyl (C=O) groups is 1. The molecule has 0 bridgehead atoms. The molecule has 0 aliphatic heterocycles. The number of aliphatic hydroxyl groups is 1. The zero-order valence-corrected chi connectivity index (χ0v) is 14.3. The number of hydrogen-bond donors (Lipinski definition) is 2. The van der Waals surface area contributed by atoms with Crippen LogP contribution in [-0.4, -0.2) is 42.8 Å². The molecule has 2 N–H and O–H groups in total. The van der Waals surface area contributed by atoms with Gasteiger partial charge in [-0.2, -0.15) is 0 Å². The van der Waals surface area contributed by atoms with Gasteiger partial charge in [0.25, 0.3) is 0 Å². The largest absolute Gasteiger partial charge is 0.496 e. The molecule has 0 aliphatic carbocycles. The van der Waals surface area contributed by atoms with Crippen LogP contribution in [0.15, 0.2) is 48.5 Å². The summed E-state index contributed by atoms with van der Waals surface area (Å²) in [5, 5.41) is 12.2. The van der Waals surface area contributed by atoms with Gasteiger partial charge >= 0.3 is 6.03 Å². The van der Waals surface area contributed by atoms with Crippen molar-refractivity contribution in [1.29, 1.82) is 0 Å². The van der Waals surface area contributed by atoms with Crippen LogP contribution in [0.5, 0.6) is 5.75 Å². The number of para-hydroxylation sites is 1. The highest BCUT2D eigenvalue weighted by Crippen LogP contribution is 2.30. The van der Waals surface area contributed by atoms with Crippen molar-refractivity contribution in [1.82, 2.24) is 4.90 Å². The number of amides is 2. The number of methoxy groups -OCH3 is 1. The van der Waals surface area contributed by atoms with Gasteiger partial charge in [0.05, 0.1) is 13.2 Å². The van der Waals surface area contributed by atoms with E-state index in [-0.39, 0.29) is 6.03 Å². The zero-order valence-electron chi connectivity index (χ0n) is 14.3. The quantitative estimate of drug-likeness (QED) is 0.852. The molecule has 2 amide bonds. The van der Waals surface area contributed by atoms with Gasteiger partial charge in [0.15, 0.2) is 0 Å². The maximum atomic E-state index is 12.2. The third-order valence-corrected chi connectivity index (χ3v) is 3.76. The van der Waals surface area contributed by atoms with Crippen LogP contribution in [0.3, 0.4) is 0 Å². The summed E-state index contributed by atoms with van der Waals surface area (Å²) in [6.45, 7) is 2.21. The molecule has 5 heteroatoms. The molecule has 24 heavy (non-hydrogen) atoms. The zero-order chi connectivity index (χ0) is 17.5. The highest BCUT2D eigenvalue weighted by atomic mass is 16.5. The molecule has 0 aromatic heterocycles. The second-order valence-corrected chi connectivity index (χ2v) is 5.77. The average molecular weight is 328 g/mol. The molecular formula is C19H24N2O3. The van der Waals surface area contributed by atoms with Crippen LogP contribution in [0.4, 0.5) is 10.5 Å². The molecule has 5 nitrogen and oxygen atoms in total. The van der Waals surface area contributed by atoms with Gasteiger partial charge in [-0.05, 0) is 37.1 Å². The molecule has 2 aromatic carbocycles. The number of aliphatic hydroxyl groups excluding tert-OH is 1. The Kier molecular flexibility index (Phi) is 6.21. The molecule has 0 saturated carbocycles. The van der Waals surface area contributed by atoms with E-state index in [9.17, 15) is 9.90 Å². The van der Waals surface area contributed by atoms with Gasteiger partial charge in [0, 0.05) is 24.8 Å². The molecule has 0 aliphatic rings. The fraction of sp³-hybridized carbons (Fsp3) is 0.316. The fourth-order valence-corrected chi connectivity index (χ4v) is 2.35. The lowest BCUT2D eigenvalue weighted by Crippen LogP contribution is -2.33. The molecule has 0 spiro atoms. The summed E-state index contributed by atoms with van der Waals surface area (Å²) in [6, 6.07) is 15.2.